The van der Waals surface area contributed by atoms with E-state index in [-0.39, 0.29) is 0 Å². The average molecular weight is 379 g/mol. The third-order valence-electron chi connectivity index (χ3n) is 5.33. The topological polar surface area (TPSA) is 58.4 Å². The first-order valence-corrected chi connectivity index (χ1v) is 10.5. The Morgan fingerprint density at radius 2 is 1.93 bits per heavy atom. The highest BCUT2D eigenvalue weighted by Crippen LogP contribution is 2.28. The van der Waals surface area contributed by atoms with Crippen molar-refractivity contribution in [2.24, 2.45) is 5.92 Å². The summed E-state index contributed by atoms with van der Waals surface area (Å²) in [6.07, 6.45) is 10.8. The molecule has 0 bridgehead atoms. The Morgan fingerprint density at radius 3 is 2.64 bits per heavy atom. The van der Waals surface area contributed by atoms with Gasteiger partial charge < -0.3 is 10.2 Å². The van der Waals surface area contributed by atoms with Gasteiger partial charge in [-0.1, -0.05) is 39.2 Å². The van der Waals surface area contributed by atoms with Crippen LogP contribution in [-0.4, -0.2) is 45.8 Å². The predicted molar refractivity (Wildman–Crippen MR) is 114 cm³/mol. The van der Waals surface area contributed by atoms with Gasteiger partial charge in [-0.2, -0.15) is 5.10 Å². The van der Waals surface area contributed by atoms with E-state index < -0.39 is 0 Å². The van der Waals surface area contributed by atoms with Crippen LogP contribution in [0.5, 0.6) is 0 Å². The van der Waals surface area contributed by atoms with Crippen LogP contribution >= 0.6 is 0 Å². The zero-order chi connectivity index (χ0) is 19.3. The van der Waals surface area contributed by atoms with E-state index >= 15 is 0 Å². The highest BCUT2D eigenvalue weighted by atomic mass is 15.3. The minimum absolute atomic E-state index is 0.899. The second kappa shape index (κ2) is 8.69. The summed E-state index contributed by atoms with van der Waals surface area (Å²) in [5, 5.41) is 7.86. The highest BCUT2D eigenvalue weighted by molar-refractivity contribution is 5.79. The van der Waals surface area contributed by atoms with Crippen molar-refractivity contribution in [3.8, 4) is 11.1 Å². The molecule has 2 fully saturated rings. The van der Waals surface area contributed by atoms with E-state index in [1.165, 1.54) is 12.8 Å². The fourth-order valence-corrected chi connectivity index (χ4v) is 3.41. The summed E-state index contributed by atoms with van der Waals surface area (Å²) in [5.74, 6) is 2.10. The van der Waals surface area contributed by atoms with Gasteiger partial charge in [-0.3, -0.25) is 4.98 Å². The second-order valence-electron chi connectivity index (χ2n) is 7.78. The molecule has 148 valence electrons. The lowest BCUT2D eigenvalue weighted by Gasteiger charge is -2.28. The van der Waals surface area contributed by atoms with Gasteiger partial charge in [0.15, 0.2) is 5.65 Å². The molecule has 1 aliphatic heterocycles. The molecule has 6 heteroatoms. The van der Waals surface area contributed by atoms with Crippen LogP contribution in [0.1, 0.15) is 38.8 Å². The largest absolute Gasteiger partial charge is 0.354 e. The van der Waals surface area contributed by atoms with Crippen molar-refractivity contribution in [3.63, 3.8) is 0 Å². The third-order valence-corrected chi connectivity index (χ3v) is 5.33. The Morgan fingerprint density at radius 1 is 1.14 bits per heavy atom. The number of aryl methyl sites for hydroxylation is 1. The van der Waals surface area contributed by atoms with E-state index in [1.807, 2.05) is 35.2 Å². The van der Waals surface area contributed by atoms with Gasteiger partial charge in [0.25, 0.3) is 0 Å². The quantitative estimate of drug-likeness (QED) is 0.752. The number of nitrogens with one attached hydrogen (secondary N) is 1. The molecule has 28 heavy (non-hydrogen) atoms. The molecule has 0 aromatic carbocycles. The molecule has 0 radical (unpaired) electrons. The number of nitrogens with zero attached hydrogens (tertiary/aromatic N) is 5. The normalized spacial score (nSPS) is 16.7. The lowest BCUT2D eigenvalue weighted by atomic mass is 10.0. The summed E-state index contributed by atoms with van der Waals surface area (Å²) in [7, 11) is 0. The van der Waals surface area contributed by atoms with Crippen LogP contribution in [0.15, 0.2) is 36.8 Å². The van der Waals surface area contributed by atoms with E-state index in [4.69, 9.17) is 4.98 Å². The number of anilines is 1. The summed E-state index contributed by atoms with van der Waals surface area (Å²) >= 11 is 0. The van der Waals surface area contributed by atoms with Crippen molar-refractivity contribution in [3.05, 3.63) is 42.5 Å². The zero-order valence-electron chi connectivity index (χ0n) is 16.9. The maximum Gasteiger partial charge on any atom is 0.165 e. The lowest BCUT2D eigenvalue weighted by molar-refractivity contribution is 0.585. The summed E-state index contributed by atoms with van der Waals surface area (Å²) in [6.45, 7) is 8.43. The van der Waals surface area contributed by atoms with Gasteiger partial charge in [-0.15, -0.1) is 0 Å². The van der Waals surface area contributed by atoms with Gasteiger partial charge in [0.05, 0.1) is 6.20 Å². The van der Waals surface area contributed by atoms with E-state index in [9.17, 15) is 0 Å². The number of rotatable bonds is 4. The van der Waals surface area contributed by atoms with Crippen molar-refractivity contribution < 1.29 is 0 Å². The molecule has 0 amide bonds. The molecule has 0 unspecified atom stereocenters. The number of aromatic nitrogens is 4. The van der Waals surface area contributed by atoms with Gasteiger partial charge in [-0.25, -0.2) is 9.50 Å². The Balaban J connectivity index is 0.000000429. The minimum Gasteiger partial charge on any atom is -0.354 e. The van der Waals surface area contributed by atoms with E-state index in [1.54, 1.807) is 0 Å². The van der Waals surface area contributed by atoms with Gasteiger partial charge >= 0.3 is 0 Å². The molecule has 3 aromatic rings. The Kier molecular flexibility index (Phi) is 5.86. The predicted octanol–water partition coefficient (Wildman–Crippen LogP) is 3.57. The Bertz CT molecular complexity index is 908. The Labute approximate surface area is 167 Å². The van der Waals surface area contributed by atoms with Gasteiger partial charge in [0, 0.05) is 55.4 Å². The van der Waals surface area contributed by atoms with Crippen molar-refractivity contribution in [1.82, 2.24) is 24.9 Å². The maximum absolute atomic E-state index is 4.91. The lowest BCUT2D eigenvalue weighted by Crippen LogP contribution is -2.43. The molecule has 1 saturated heterocycles. The molecule has 2 aliphatic rings. The first kappa shape index (κ1) is 18.9. The number of piperazine rings is 1. The number of pyridine rings is 1. The summed E-state index contributed by atoms with van der Waals surface area (Å²) in [5.41, 5.74) is 4.21. The van der Waals surface area contributed by atoms with E-state index in [0.29, 0.717) is 0 Å². The monoisotopic (exact) mass is 378 g/mol. The molecule has 6 nitrogen and oxygen atoms in total. The fraction of sp³-hybridized carbons (Fsp3) is 0.500. The van der Waals surface area contributed by atoms with Crippen LogP contribution in [-0.2, 0) is 6.42 Å². The molecule has 0 spiro atoms. The zero-order valence-corrected chi connectivity index (χ0v) is 16.9. The minimum atomic E-state index is 0.899. The van der Waals surface area contributed by atoms with Crippen LogP contribution in [0.3, 0.4) is 0 Å². The number of hydrogen-bond acceptors (Lipinski definition) is 5. The molecular weight excluding hydrogens is 348 g/mol. The van der Waals surface area contributed by atoms with Crippen molar-refractivity contribution >= 4 is 11.5 Å². The summed E-state index contributed by atoms with van der Waals surface area (Å²) in [4.78, 5) is 11.8. The standard InChI is InChI=1S/C18H22N6.C4H8/c1-2-4-16-14(5-3-7-20-16)15-13-21-24-10-6-17(22-18(15)24)23-11-8-19-9-12-23;1-4-2-3-4/h3,5-7,10,13,19H,2,4,8-9,11-12H2,1H3;4H,2-3H2,1H3. The van der Waals surface area contributed by atoms with Crippen LogP contribution in [0, 0.1) is 5.92 Å². The van der Waals surface area contributed by atoms with Crippen LogP contribution in [0.2, 0.25) is 0 Å². The van der Waals surface area contributed by atoms with Crippen LogP contribution < -0.4 is 10.2 Å². The molecular formula is C22H30N6. The molecule has 1 N–H and O–H groups in total. The second-order valence-corrected chi connectivity index (χ2v) is 7.78. The molecule has 3 aromatic heterocycles. The highest BCUT2D eigenvalue weighted by Gasteiger charge is 2.16. The Hall–Kier alpha value is -2.47. The van der Waals surface area contributed by atoms with Crippen LogP contribution in [0.4, 0.5) is 5.82 Å². The fourth-order valence-electron chi connectivity index (χ4n) is 3.41. The molecule has 0 atom stereocenters. The molecule has 1 aliphatic carbocycles. The first-order valence-electron chi connectivity index (χ1n) is 10.5. The van der Waals surface area contributed by atoms with E-state index in [2.05, 4.69) is 40.2 Å². The van der Waals surface area contributed by atoms with Crippen LogP contribution in [0.25, 0.3) is 16.8 Å². The van der Waals surface area contributed by atoms with Gasteiger partial charge in [0.2, 0.25) is 0 Å². The summed E-state index contributed by atoms with van der Waals surface area (Å²) in [6, 6.07) is 6.15. The van der Waals surface area contributed by atoms with Crippen molar-refractivity contribution in [2.75, 3.05) is 31.1 Å². The molecule has 1 saturated carbocycles. The summed E-state index contributed by atoms with van der Waals surface area (Å²) < 4.78 is 1.85. The van der Waals surface area contributed by atoms with Crippen molar-refractivity contribution in [1.29, 1.82) is 0 Å². The number of hydrogen-bond donors (Lipinski definition) is 1. The van der Waals surface area contributed by atoms with E-state index in [0.717, 1.165) is 73.2 Å². The smallest absolute Gasteiger partial charge is 0.165 e. The first-order chi connectivity index (χ1) is 13.8. The molecule has 5 rings (SSSR count). The molecule has 4 heterocycles. The number of fused-ring (bicyclic) bond motifs is 1. The van der Waals surface area contributed by atoms with Gasteiger partial charge in [0.1, 0.15) is 5.82 Å². The average Bonchev–Trinajstić information content (AvgIpc) is 3.41. The van der Waals surface area contributed by atoms with Gasteiger partial charge in [-0.05, 0) is 24.5 Å². The SMILES string of the molecule is CC1CC1.CCCc1ncccc1-c1cnn2ccc(N3CCNCC3)nc12. The third kappa shape index (κ3) is 4.33. The van der Waals surface area contributed by atoms with Crippen molar-refractivity contribution in [2.45, 2.75) is 39.5 Å². The maximum atomic E-state index is 4.91.